The predicted octanol–water partition coefficient (Wildman–Crippen LogP) is 2.85. The lowest BCUT2D eigenvalue weighted by atomic mass is 10.1. The lowest BCUT2D eigenvalue weighted by Crippen LogP contribution is -2.33. The summed E-state index contributed by atoms with van der Waals surface area (Å²) in [5, 5.41) is 15.5. The fraction of sp³-hybridized carbons (Fsp3) is 0.222. The lowest BCUT2D eigenvalue weighted by Gasteiger charge is -2.05. The third kappa shape index (κ3) is 1.99. The van der Waals surface area contributed by atoms with Gasteiger partial charge in [0.15, 0.2) is 5.36 Å². The fourth-order valence-electron chi connectivity index (χ4n) is 3.05. The Hall–Kier alpha value is -2.62. The van der Waals surface area contributed by atoms with Gasteiger partial charge in [0.25, 0.3) is 5.56 Å². The van der Waals surface area contributed by atoms with Gasteiger partial charge in [-0.2, -0.15) is 0 Å². The molecule has 1 N–H and O–H groups in total. The van der Waals surface area contributed by atoms with Crippen molar-refractivity contribution in [1.82, 2.24) is 4.57 Å². The third-order valence-electron chi connectivity index (χ3n) is 4.35. The van der Waals surface area contributed by atoms with Gasteiger partial charge in [-0.05, 0) is 30.2 Å². The van der Waals surface area contributed by atoms with Crippen LogP contribution in [0.5, 0.6) is 0 Å². The summed E-state index contributed by atoms with van der Waals surface area (Å²) in [5.41, 5.74) is 0.664. The van der Waals surface area contributed by atoms with Gasteiger partial charge in [0.05, 0.1) is 5.52 Å². The molecule has 0 saturated heterocycles. The predicted molar refractivity (Wildman–Crippen MR) is 85.8 cm³/mol. The number of aromatic nitrogens is 1. The van der Waals surface area contributed by atoms with E-state index < -0.39 is 0 Å². The summed E-state index contributed by atoms with van der Waals surface area (Å²) >= 11 is 0. The van der Waals surface area contributed by atoms with E-state index >= 15 is 0 Å². The normalized spacial score (nSPS) is 15.5. The third-order valence-corrected chi connectivity index (χ3v) is 4.35. The van der Waals surface area contributed by atoms with E-state index in [2.05, 4.69) is 5.16 Å². The molecule has 3 aromatic rings. The minimum atomic E-state index is -0.230. The molecule has 4 nitrogen and oxygen atoms in total. The molecule has 0 unspecified atom stereocenters. The molecule has 1 saturated carbocycles. The number of hydrogen-bond donors (Lipinski definition) is 1. The van der Waals surface area contributed by atoms with Crippen molar-refractivity contribution in [3.05, 3.63) is 64.2 Å². The van der Waals surface area contributed by atoms with Gasteiger partial charge in [-0.3, -0.25) is 4.79 Å². The van der Waals surface area contributed by atoms with Gasteiger partial charge < -0.3 is 9.77 Å². The second kappa shape index (κ2) is 4.98. The van der Waals surface area contributed by atoms with Crippen LogP contribution in [0.3, 0.4) is 0 Å². The smallest absolute Gasteiger partial charge is 0.280 e. The SMILES string of the molecule is O=c1/c(=N/O)c2ccccc2c2ccccc2n1CC1CC1. The van der Waals surface area contributed by atoms with Gasteiger partial charge in [0.2, 0.25) is 0 Å². The van der Waals surface area contributed by atoms with Crippen molar-refractivity contribution in [1.29, 1.82) is 0 Å². The molecule has 2 aromatic carbocycles. The summed E-state index contributed by atoms with van der Waals surface area (Å²) in [4.78, 5) is 12.9. The summed E-state index contributed by atoms with van der Waals surface area (Å²) in [6.07, 6.45) is 2.31. The molecule has 0 atom stereocenters. The van der Waals surface area contributed by atoms with Gasteiger partial charge in [0.1, 0.15) is 0 Å². The van der Waals surface area contributed by atoms with E-state index in [0.29, 0.717) is 17.8 Å². The Morgan fingerprint density at radius 1 is 1.00 bits per heavy atom. The van der Waals surface area contributed by atoms with E-state index in [1.165, 1.54) is 0 Å². The summed E-state index contributed by atoms with van der Waals surface area (Å²) in [6, 6.07) is 15.5. The van der Waals surface area contributed by atoms with E-state index in [-0.39, 0.29) is 10.9 Å². The second-order valence-corrected chi connectivity index (χ2v) is 5.87. The minimum absolute atomic E-state index is 0.118. The summed E-state index contributed by atoms with van der Waals surface area (Å²) in [7, 11) is 0. The Kier molecular flexibility index (Phi) is 2.96. The molecule has 22 heavy (non-hydrogen) atoms. The molecule has 0 radical (unpaired) electrons. The first-order chi connectivity index (χ1) is 10.8. The molecule has 1 fully saturated rings. The van der Waals surface area contributed by atoms with Crippen molar-refractivity contribution in [2.75, 3.05) is 0 Å². The topological polar surface area (TPSA) is 54.6 Å². The Balaban J connectivity index is 2.30. The van der Waals surface area contributed by atoms with E-state index in [4.69, 9.17) is 0 Å². The first kappa shape index (κ1) is 13.1. The number of hydrogen-bond acceptors (Lipinski definition) is 3. The average molecular weight is 292 g/mol. The quantitative estimate of drug-likeness (QED) is 0.583. The molecular weight excluding hydrogens is 276 g/mol. The second-order valence-electron chi connectivity index (χ2n) is 5.87. The molecule has 0 spiro atoms. The van der Waals surface area contributed by atoms with Crippen LogP contribution in [0.4, 0.5) is 0 Å². The number of fused-ring (bicyclic) bond motifs is 3. The maximum absolute atomic E-state index is 12.9. The summed E-state index contributed by atoms with van der Waals surface area (Å²) < 4.78 is 1.77. The molecule has 110 valence electrons. The Morgan fingerprint density at radius 3 is 2.32 bits per heavy atom. The van der Waals surface area contributed by atoms with Crippen molar-refractivity contribution in [3.8, 4) is 0 Å². The molecule has 4 rings (SSSR count). The summed E-state index contributed by atoms with van der Waals surface area (Å²) in [5.74, 6) is 0.554. The molecule has 4 heteroatoms. The molecular formula is C18H16N2O2. The van der Waals surface area contributed by atoms with Crippen LogP contribution in [0.15, 0.2) is 58.5 Å². The van der Waals surface area contributed by atoms with Crippen LogP contribution in [0.1, 0.15) is 12.8 Å². The highest BCUT2D eigenvalue weighted by Gasteiger charge is 2.23. The van der Waals surface area contributed by atoms with Gasteiger partial charge in [-0.25, -0.2) is 0 Å². The lowest BCUT2D eigenvalue weighted by molar-refractivity contribution is 0.301. The van der Waals surface area contributed by atoms with Crippen molar-refractivity contribution in [2.45, 2.75) is 19.4 Å². The van der Waals surface area contributed by atoms with E-state index in [9.17, 15) is 10.0 Å². The van der Waals surface area contributed by atoms with Crippen LogP contribution >= 0.6 is 0 Å². The van der Waals surface area contributed by atoms with E-state index in [0.717, 1.165) is 29.1 Å². The maximum atomic E-state index is 12.9. The fourth-order valence-corrected chi connectivity index (χ4v) is 3.05. The number of nitrogens with zero attached hydrogens (tertiary/aromatic N) is 2. The van der Waals surface area contributed by atoms with Gasteiger partial charge in [-0.1, -0.05) is 47.6 Å². The Labute approximate surface area is 126 Å². The van der Waals surface area contributed by atoms with Crippen molar-refractivity contribution >= 4 is 21.7 Å². The Bertz CT molecular complexity index is 1000. The molecule has 0 bridgehead atoms. The first-order valence-electron chi connectivity index (χ1n) is 7.52. The van der Waals surface area contributed by atoms with Crippen LogP contribution in [-0.2, 0) is 6.54 Å². The zero-order chi connectivity index (χ0) is 15.1. The van der Waals surface area contributed by atoms with Crippen LogP contribution in [-0.4, -0.2) is 9.77 Å². The zero-order valence-corrected chi connectivity index (χ0v) is 12.1. The largest absolute Gasteiger partial charge is 0.410 e. The highest BCUT2D eigenvalue weighted by Crippen LogP contribution is 2.31. The average Bonchev–Trinajstić information content (AvgIpc) is 3.38. The van der Waals surface area contributed by atoms with E-state index in [1.54, 1.807) is 4.57 Å². The number of benzene rings is 2. The highest BCUT2D eigenvalue weighted by molar-refractivity contribution is 6.04. The van der Waals surface area contributed by atoms with Crippen molar-refractivity contribution in [3.63, 3.8) is 0 Å². The standard InChI is InChI=1S/C18H16N2O2/c21-18-17(19-22)15-7-2-1-5-13(15)14-6-3-4-8-16(14)20(18)11-12-9-10-12/h1-8,12,22H,9-11H2/b19-17+. The number of rotatable bonds is 2. The van der Waals surface area contributed by atoms with Crippen LogP contribution in [0.2, 0.25) is 0 Å². The Morgan fingerprint density at radius 2 is 1.64 bits per heavy atom. The van der Waals surface area contributed by atoms with Crippen LogP contribution in [0.25, 0.3) is 21.7 Å². The molecule has 0 aliphatic heterocycles. The maximum Gasteiger partial charge on any atom is 0.280 e. The molecule has 0 amide bonds. The van der Waals surface area contributed by atoms with Crippen LogP contribution in [0, 0.1) is 5.92 Å². The van der Waals surface area contributed by atoms with Crippen LogP contribution < -0.4 is 10.9 Å². The monoisotopic (exact) mass is 292 g/mol. The van der Waals surface area contributed by atoms with Gasteiger partial charge >= 0.3 is 0 Å². The van der Waals surface area contributed by atoms with Gasteiger partial charge in [-0.15, -0.1) is 0 Å². The van der Waals surface area contributed by atoms with E-state index in [1.807, 2.05) is 48.5 Å². The van der Waals surface area contributed by atoms with Gasteiger partial charge in [0, 0.05) is 17.3 Å². The van der Waals surface area contributed by atoms with Crippen molar-refractivity contribution in [2.24, 2.45) is 11.1 Å². The zero-order valence-electron chi connectivity index (χ0n) is 12.1. The summed E-state index contributed by atoms with van der Waals surface area (Å²) in [6.45, 7) is 0.683. The molecule has 1 aliphatic rings. The molecule has 1 aromatic heterocycles. The number of para-hydroxylation sites is 1. The molecule has 1 aliphatic carbocycles. The minimum Gasteiger partial charge on any atom is -0.410 e. The first-order valence-corrected chi connectivity index (χ1v) is 7.52. The highest BCUT2D eigenvalue weighted by atomic mass is 16.4. The van der Waals surface area contributed by atoms with Crippen molar-refractivity contribution < 1.29 is 5.21 Å². The molecule has 1 heterocycles.